The van der Waals surface area contributed by atoms with Crippen molar-refractivity contribution in [1.82, 2.24) is 15.1 Å². The number of hydrogen-bond acceptors (Lipinski definition) is 4. The van der Waals surface area contributed by atoms with Crippen LogP contribution in [0, 0.1) is 17.8 Å². The minimum absolute atomic E-state index is 0.00243. The quantitative estimate of drug-likeness (QED) is 0.741. The van der Waals surface area contributed by atoms with Gasteiger partial charge in [0.1, 0.15) is 12.1 Å². The first-order valence-corrected chi connectivity index (χ1v) is 11.0. The van der Waals surface area contributed by atoms with Crippen LogP contribution in [0.1, 0.15) is 46.5 Å². The van der Waals surface area contributed by atoms with Crippen molar-refractivity contribution in [1.29, 1.82) is 0 Å². The topological polar surface area (TPSA) is 55.8 Å². The molecule has 0 aromatic rings. The molecular formula is C23H34FN3O2. The number of aliphatic hydroxyl groups excluding tert-OH is 1. The van der Waals surface area contributed by atoms with Crippen molar-refractivity contribution in [3.63, 3.8) is 0 Å². The fourth-order valence-electron chi connectivity index (χ4n) is 5.44. The number of carbonyl (C=O) groups excluding carboxylic acids is 1. The molecule has 1 aliphatic carbocycles. The molecule has 2 N–H and O–H groups in total. The molecule has 4 aliphatic rings. The van der Waals surface area contributed by atoms with Crippen LogP contribution in [-0.4, -0.2) is 58.8 Å². The molecular weight excluding hydrogens is 369 g/mol. The van der Waals surface area contributed by atoms with Gasteiger partial charge in [-0.05, 0) is 48.8 Å². The van der Waals surface area contributed by atoms with Gasteiger partial charge in [0.15, 0.2) is 0 Å². The SMILES string of the molecule is CC(C)CN1CC(C(O)N2CCC(C3=CNC4(C)CC(F)=CC=C34)CC2)CC1=O. The number of piperidine rings is 1. The Bertz CT molecular complexity index is 751. The standard InChI is InChI=1S/C23H34FN3O2/c1-15(2)13-27-14-17(10-21(27)28)22(29)26-8-6-16(7-9-26)19-12-25-23(3)11-18(24)4-5-20(19)23/h4-5,12,15-17,22,25,29H,6-11,13-14H2,1-3H3. The van der Waals surface area contributed by atoms with Crippen LogP contribution in [0.3, 0.4) is 0 Å². The largest absolute Gasteiger partial charge is 0.381 e. The minimum Gasteiger partial charge on any atom is -0.381 e. The highest BCUT2D eigenvalue weighted by Gasteiger charge is 2.42. The summed E-state index contributed by atoms with van der Waals surface area (Å²) in [6.45, 7) is 9.38. The van der Waals surface area contributed by atoms with Gasteiger partial charge in [-0.25, -0.2) is 4.39 Å². The Labute approximate surface area is 173 Å². The van der Waals surface area contributed by atoms with Gasteiger partial charge >= 0.3 is 0 Å². The van der Waals surface area contributed by atoms with Gasteiger partial charge in [0.25, 0.3) is 0 Å². The van der Waals surface area contributed by atoms with E-state index in [1.54, 1.807) is 6.08 Å². The van der Waals surface area contributed by atoms with E-state index in [4.69, 9.17) is 0 Å². The molecule has 29 heavy (non-hydrogen) atoms. The first kappa shape index (κ1) is 20.6. The van der Waals surface area contributed by atoms with Crippen molar-refractivity contribution in [2.45, 2.75) is 58.2 Å². The second kappa shape index (κ2) is 7.88. The van der Waals surface area contributed by atoms with Crippen LogP contribution in [-0.2, 0) is 4.79 Å². The van der Waals surface area contributed by atoms with Gasteiger partial charge in [-0.2, -0.15) is 0 Å². The monoisotopic (exact) mass is 403 g/mol. The molecule has 0 aromatic heterocycles. The third-order valence-electron chi connectivity index (χ3n) is 7.00. The number of likely N-dealkylation sites (tertiary alicyclic amines) is 2. The molecule has 0 spiro atoms. The third-order valence-corrected chi connectivity index (χ3v) is 7.00. The summed E-state index contributed by atoms with van der Waals surface area (Å²) in [4.78, 5) is 16.3. The Hall–Kier alpha value is -1.66. The number of allylic oxidation sites excluding steroid dienone is 2. The van der Waals surface area contributed by atoms with Crippen molar-refractivity contribution in [2.75, 3.05) is 26.2 Å². The molecule has 5 nitrogen and oxygen atoms in total. The van der Waals surface area contributed by atoms with Crippen molar-refractivity contribution in [3.05, 3.63) is 35.3 Å². The summed E-state index contributed by atoms with van der Waals surface area (Å²) in [7, 11) is 0. The zero-order valence-corrected chi connectivity index (χ0v) is 17.8. The first-order chi connectivity index (χ1) is 13.8. The highest BCUT2D eigenvalue weighted by Crippen LogP contribution is 2.43. The average Bonchev–Trinajstić information content (AvgIpc) is 3.20. The second-order valence-corrected chi connectivity index (χ2v) is 9.83. The number of carbonyl (C=O) groups is 1. The van der Waals surface area contributed by atoms with E-state index >= 15 is 0 Å². The van der Waals surface area contributed by atoms with E-state index in [1.807, 2.05) is 11.0 Å². The van der Waals surface area contributed by atoms with E-state index < -0.39 is 6.23 Å². The van der Waals surface area contributed by atoms with Crippen molar-refractivity contribution < 1.29 is 14.3 Å². The zero-order chi connectivity index (χ0) is 20.8. The predicted octanol–water partition coefficient (Wildman–Crippen LogP) is 2.95. The first-order valence-electron chi connectivity index (χ1n) is 11.0. The number of nitrogens with zero attached hydrogens (tertiary/aromatic N) is 2. The summed E-state index contributed by atoms with van der Waals surface area (Å²) >= 11 is 0. The van der Waals surface area contributed by atoms with Gasteiger partial charge in [-0.3, -0.25) is 9.69 Å². The zero-order valence-electron chi connectivity index (χ0n) is 17.8. The Balaban J connectivity index is 1.34. The molecule has 2 saturated heterocycles. The number of fused-ring (bicyclic) bond motifs is 1. The fraction of sp³-hybridized carbons (Fsp3) is 0.696. The molecule has 3 aliphatic heterocycles. The van der Waals surface area contributed by atoms with Crippen LogP contribution in [0.2, 0.25) is 0 Å². The van der Waals surface area contributed by atoms with Gasteiger partial charge in [0.05, 0.1) is 5.54 Å². The molecule has 0 aromatic carbocycles. The lowest BCUT2D eigenvalue weighted by Gasteiger charge is -2.38. The average molecular weight is 404 g/mol. The van der Waals surface area contributed by atoms with Crippen LogP contribution in [0.5, 0.6) is 0 Å². The molecule has 4 rings (SSSR count). The van der Waals surface area contributed by atoms with E-state index in [0.29, 0.717) is 31.2 Å². The van der Waals surface area contributed by atoms with E-state index in [-0.39, 0.29) is 23.2 Å². The molecule has 0 radical (unpaired) electrons. The number of aliphatic hydroxyl groups is 1. The molecule has 3 unspecified atom stereocenters. The molecule has 1 amide bonds. The van der Waals surface area contributed by atoms with Gasteiger partial charge < -0.3 is 15.3 Å². The maximum atomic E-state index is 13.7. The Morgan fingerprint density at radius 1 is 1.31 bits per heavy atom. The number of nitrogens with one attached hydrogen (secondary N) is 1. The highest BCUT2D eigenvalue weighted by molar-refractivity contribution is 5.78. The van der Waals surface area contributed by atoms with Crippen LogP contribution in [0.4, 0.5) is 4.39 Å². The van der Waals surface area contributed by atoms with Crippen molar-refractivity contribution in [2.24, 2.45) is 17.8 Å². The maximum Gasteiger partial charge on any atom is 0.223 e. The Morgan fingerprint density at radius 3 is 2.72 bits per heavy atom. The lowest BCUT2D eigenvalue weighted by atomic mass is 9.77. The molecule has 0 bridgehead atoms. The van der Waals surface area contributed by atoms with Gasteiger partial charge in [0, 0.05) is 51.1 Å². The minimum atomic E-state index is -0.552. The maximum absolute atomic E-state index is 13.7. The third kappa shape index (κ3) is 4.02. The van der Waals surface area contributed by atoms with E-state index in [2.05, 4.69) is 37.2 Å². The number of hydrogen-bond donors (Lipinski definition) is 2. The van der Waals surface area contributed by atoms with E-state index in [9.17, 15) is 14.3 Å². The lowest BCUT2D eigenvalue weighted by Crippen LogP contribution is -2.46. The van der Waals surface area contributed by atoms with Crippen molar-refractivity contribution in [3.8, 4) is 0 Å². The van der Waals surface area contributed by atoms with Crippen molar-refractivity contribution >= 4 is 5.91 Å². The summed E-state index contributed by atoms with van der Waals surface area (Å²) in [5.74, 6) is 0.971. The summed E-state index contributed by atoms with van der Waals surface area (Å²) < 4.78 is 13.7. The Kier molecular flexibility index (Phi) is 5.60. The number of rotatable bonds is 5. The molecule has 3 heterocycles. The summed E-state index contributed by atoms with van der Waals surface area (Å²) in [6, 6.07) is 0. The summed E-state index contributed by atoms with van der Waals surface area (Å²) in [5, 5.41) is 14.3. The molecule has 0 saturated carbocycles. The molecule has 2 fully saturated rings. The fourth-order valence-corrected chi connectivity index (χ4v) is 5.44. The van der Waals surface area contributed by atoms with Crippen LogP contribution in [0.25, 0.3) is 0 Å². The summed E-state index contributed by atoms with van der Waals surface area (Å²) in [5.41, 5.74) is 2.18. The van der Waals surface area contributed by atoms with Gasteiger partial charge in [0.2, 0.25) is 5.91 Å². The van der Waals surface area contributed by atoms with Gasteiger partial charge in [-0.15, -0.1) is 0 Å². The predicted molar refractivity (Wildman–Crippen MR) is 111 cm³/mol. The highest BCUT2D eigenvalue weighted by atomic mass is 19.1. The lowest BCUT2D eigenvalue weighted by molar-refractivity contribution is -0.128. The van der Waals surface area contributed by atoms with Gasteiger partial charge in [-0.1, -0.05) is 19.9 Å². The normalized spacial score (nSPS) is 32.1. The molecule has 160 valence electrons. The number of amides is 1. The van der Waals surface area contributed by atoms with Crippen LogP contribution in [0.15, 0.2) is 35.3 Å². The van der Waals surface area contributed by atoms with Crippen LogP contribution >= 0.6 is 0 Å². The van der Waals surface area contributed by atoms with E-state index in [1.165, 1.54) is 11.1 Å². The summed E-state index contributed by atoms with van der Waals surface area (Å²) in [6.07, 6.45) is 7.85. The smallest absolute Gasteiger partial charge is 0.223 e. The van der Waals surface area contributed by atoms with Crippen LogP contribution < -0.4 is 5.32 Å². The van der Waals surface area contributed by atoms with E-state index in [0.717, 1.165) is 32.5 Å². The number of halogens is 1. The Morgan fingerprint density at radius 2 is 2.03 bits per heavy atom. The molecule has 6 heteroatoms. The molecule has 3 atom stereocenters. The second-order valence-electron chi connectivity index (χ2n) is 9.83.